The molecule has 1 heterocycles. The van der Waals surface area contributed by atoms with Gasteiger partial charge in [-0.2, -0.15) is 17.5 Å². The molecule has 0 unspecified atom stereocenters. The zero-order valence-corrected chi connectivity index (χ0v) is 20.0. The van der Waals surface area contributed by atoms with Gasteiger partial charge >= 0.3 is 6.18 Å². The third kappa shape index (κ3) is 5.41. The van der Waals surface area contributed by atoms with Crippen molar-refractivity contribution in [3.05, 3.63) is 63.7 Å². The largest absolute Gasteiger partial charge is 0.416 e. The minimum Gasteiger partial charge on any atom is -0.352 e. The molecule has 0 saturated carbocycles. The first kappa shape index (κ1) is 25.2. The number of nitrogens with zero attached hydrogens (tertiary/aromatic N) is 1. The maximum Gasteiger partial charge on any atom is 0.416 e. The van der Waals surface area contributed by atoms with E-state index in [0.717, 1.165) is 34.4 Å². The maximum atomic E-state index is 13.4. The quantitative estimate of drug-likeness (QED) is 0.674. The van der Waals surface area contributed by atoms with Gasteiger partial charge in [0.25, 0.3) is 0 Å². The molecule has 3 rings (SSSR count). The number of benzene rings is 2. The highest BCUT2D eigenvalue weighted by Crippen LogP contribution is 2.32. The predicted molar refractivity (Wildman–Crippen MR) is 120 cm³/mol. The van der Waals surface area contributed by atoms with Crippen LogP contribution in [0, 0.1) is 33.6 Å². The van der Waals surface area contributed by atoms with Gasteiger partial charge in [0, 0.05) is 25.6 Å². The molecule has 0 bridgehead atoms. The summed E-state index contributed by atoms with van der Waals surface area (Å²) in [5, 5.41) is 2.69. The van der Waals surface area contributed by atoms with E-state index >= 15 is 0 Å². The van der Waals surface area contributed by atoms with E-state index in [1.54, 1.807) is 0 Å². The SMILES string of the molecule is Cc1cc(C)c(C)c(S(=O)(=O)N2CCC(C(=O)NCc3cccc(C(F)(F)F)c3)CC2)c1C. The summed E-state index contributed by atoms with van der Waals surface area (Å²) < 4.78 is 66.8. The van der Waals surface area contributed by atoms with E-state index in [1.165, 1.54) is 16.4 Å². The topological polar surface area (TPSA) is 66.5 Å². The summed E-state index contributed by atoms with van der Waals surface area (Å²) in [5.74, 6) is -0.660. The number of aryl methyl sites for hydroxylation is 2. The van der Waals surface area contributed by atoms with Crippen LogP contribution in [0.3, 0.4) is 0 Å². The van der Waals surface area contributed by atoms with Gasteiger partial charge in [-0.25, -0.2) is 8.42 Å². The molecular formula is C24H29F3N2O3S. The molecule has 1 aliphatic rings. The van der Waals surface area contributed by atoms with Crippen molar-refractivity contribution >= 4 is 15.9 Å². The van der Waals surface area contributed by atoms with Crippen LogP contribution in [0.1, 0.15) is 46.2 Å². The lowest BCUT2D eigenvalue weighted by Crippen LogP contribution is -2.43. The van der Waals surface area contributed by atoms with Crippen molar-refractivity contribution in [1.29, 1.82) is 0 Å². The van der Waals surface area contributed by atoms with Crippen LogP contribution < -0.4 is 5.32 Å². The first-order valence-electron chi connectivity index (χ1n) is 10.8. The molecule has 1 aliphatic heterocycles. The fourth-order valence-electron chi connectivity index (χ4n) is 4.25. The highest BCUT2D eigenvalue weighted by Gasteiger charge is 2.34. The molecule has 33 heavy (non-hydrogen) atoms. The van der Waals surface area contributed by atoms with Gasteiger partial charge in [0.2, 0.25) is 15.9 Å². The molecule has 9 heteroatoms. The molecule has 0 spiro atoms. The molecule has 2 aromatic rings. The standard InChI is InChI=1S/C24H29F3N2O3S/c1-15-12-16(2)18(4)22(17(15)3)33(31,32)29-10-8-20(9-11-29)23(30)28-14-19-6-5-7-21(13-19)24(25,26)27/h5-7,12-13,20H,8-11,14H2,1-4H3,(H,28,30). The van der Waals surface area contributed by atoms with Crippen LogP contribution in [0.2, 0.25) is 0 Å². The van der Waals surface area contributed by atoms with Gasteiger partial charge in [-0.05, 0) is 80.5 Å². The Hall–Kier alpha value is -2.39. The smallest absolute Gasteiger partial charge is 0.352 e. The minimum absolute atomic E-state index is 0.0117. The van der Waals surface area contributed by atoms with E-state index in [4.69, 9.17) is 0 Å². The fourth-order valence-corrected chi connectivity index (χ4v) is 6.29. The van der Waals surface area contributed by atoms with E-state index in [2.05, 4.69) is 5.32 Å². The van der Waals surface area contributed by atoms with E-state index in [-0.39, 0.29) is 31.5 Å². The Morgan fingerprint density at radius 3 is 2.15 bits per heavy atom. The average molecular weight is 483 g/mol. The molecular weight excluding hydrogens is 453 g/mol. The van der Waals surface area contributed by atoms with E-state index < -0.39 is 21.8 Å². The van der Waals surface area contributed by atoms with Gasteiger partial charge in [0.15, 0.2) is 0 Å². The van der Waals surface area contributed by atoms with Crippen molar-refractivity contribution in [2.75, 3.05) is 13.1 Å². The third-order valence-electron chi connectivity index (χ3n) is 6.44. The maximum absolute atomic E-state index is 13.4. The zero-order chi connectivity index (χ0) is 24.6. The Balaban J connectivity index is 1.64. The van der Waals surface area contributed by atoms with E-state index in [1.807, 2.05) is 33.8 Å². The van der Waals surface area contributed by atoms with Crippen molar-refractivity contribution in [1.82, 2.24) is 9.62 Å². The first-order valence-corrected chi connectivity index (χ1v) is 12.3. The normalized spacial score (nSPS) is 16.1. The number of alkyl halides is 3. The lowest BCUT2D eigenvalue weighted by atomic mass is 9.97. The minimum atomic E-state index is -4.44. The number of carbonyl (C=O) groups excluding carboxylic acids is 1. The number of hydrogen-bond donors (Lipinski definition) is 1. The number of halogens is 3. The number of amides is 1. The molecule has 0 radical (unpaired) electrons. The zero-order valence-electron chi connectivity index (χ0n) is 19.2. The second-order valence-corrected chi connectivity index (χ2v) is 10.6. The van der Waals surface area contributed by atoms with Crippen molar-refractivity contribution in [3.8, 4) is 0 Å². The Morgan fingerprint density at radius 1 is 1.03 bits per heavy atom. The summed E-state index contributed by atoms with van der Waals surface area (Å²) in [6.45, 7) is 7.82. The first-order chi connectivity index (χ1) is 15.3. The number of rotatable bonds is 5. The van der Waals surface area contributed by atoms with Crippen molar-refractivity contribution < 1.29 is 26.4 Å². The number of carbonyl (C=O) groups is 1. The molecule has 0 aromatic heterocycles. The van der Waals surface area contributed by atoms with Crippen molar-refractivity contribution in [3.63, 3.8) is 0 Å². The Labute approximate surface area is 193 Å². The van der Waals surface area contributed by atoms with Gasteiger partial charge in [0.1, 0.15) is 0 Å². The molecule has 2 aromatic carbocycles. The van der Waals surface area contributed by atoms with Gasteiger partial charge in [-0.3, -0.25) is 4.79 Å². The highest BCUT2D eigenvalue weighted by molar-refractivity contribution is 7.89. The van der Waals surface area contributed by atoms with Crippen LogP contribution in [0.25, 0.3) is 0 Å². The highest BCUT2D eigenvalue weighted by atomic mass is 32.2. The monoisotopic (exact) mass is 482 g/mol. The molecule has 180 valence electrons. The fraction of sp³-hybridized carbons (Fsp3) is 0.458. The second-order valence-electron chi connectivity index (χ2n) is 8.68. The van der Waals surface area contributed by atoms with E-state index in [0.29, 0.717) is 23.3 Å². The Morgan fingerprint density at radius 2 is 1.61 bits per heavy atom. The number of hydrogen-bond acceptors (Lipinski definition) is 3. The molecule has 0 aliphatic carbocycles. The summed E-state index contributed by atoms with van der Waals surface area (Å²) in [5.41, 5.74) is 2.91. The summed E-state index contributed by atoms with van der Waals surface area (Å²) >= 11 is 0. The van der Waals surface area contributed by atoms with Crippen LogP contribution in [0.15, 0.2) is 35.2 Å². The molecule has 1 fully saturated rings. The molecule has 1 amide bonds. The Kier molecular flexibility index (Phi) is 7.24. The number of nitrogens with one attached hydrogen (secondary N) is 1. The lowest BCUT2D eigenvalue weighted by molar-refractivity contribution is -0.137. The van der Waals surface area contributed by atoms with Gasteiger partial charge in [-0.15, -0.1) is 0 Å². The van der Waals surface area contributed by atoms with Crippen LogP contribution in [-0.4, -0.2) is 31.7 Å². The van der Waals surface area contributed by atoms with E-state index in [9.17, 15) is 26.4 Å². The van der Waals surface area contributed by atoms with Gasteiger partial charge in [-0.1, -0.05) is 18.2 Å². The average Bonchev–Trinajstić information content (AvgIpc) is 2.76. The second kappa shape index (κ2) is 9.46. The summed E-state index contributed by atoms with van der Waals surface area (Å²) in [6, 6.07) is 6.82. The van der Waals surface area contributed by atoms with Gasteiger partial charge in [0.05, 0.1) is 10.5 Å². The van der Waals surface area contributed by atoms with Crippen molar-refractivity contribution in [2.45, 2.75) is 58.2 Å². The van der Waals surface area contributed by atoms with Crippen LogP contribution in [0.4, 0.5) is 13.2 Å². The molecule has 1 N–H and O–H groups in total. The molecule has 5 nitrogen and oxygen atoms in total. The number of sulfonamides is 1. The summed E-state index contributed by atoms with van der Waals surface area (Å²) in [4.78, 5) is 12.9. The molecule has 0 atom stereocenters. The van der Waals surface area contributed by atoms with Crippen molar-refractivity contribution in [2.24, 2.45) is 5.92 Å². The lowest BCUT2D eigenvalue weighted by Gasteiger charge is -2.32. The number of piperidine rings is 1. The summed E-state index contributed by atoms with van der Waals surface area (Å²) in [6.07, 6.45) is -3.72. The van der Waals surface area contributed by atoms with Crippen LogP contribution >= 0.6 is 0 Å². The van der Waals surface area contributed by atoms with Gasteiger partial charge < -0.3 is 5.32 Å². The third-order valence-corrected chi connectivity index (χ3v) is 8.61. The summed E-state index contributed by atoms with van der Waals surface area (Å²) in [7, 11) is -3.70. The van der Waals surface area contributed by atoms with Crippen LogP contribution in [0.5, 0.6) is 0 Å². The molecule has 1 saturated heterocycles. The Bertz CT molecular complexity index is 1130. The van der Waals surface area contributed by atoms with Crippen LogP contribution in [-0.2, 0) is 27.5 Å². The predicted octanol–water partition coefficient (Wildman–Crippen LogP) is 4.66.